The van der Waals surface area contributed by atoms with Crippen molar-refractivity contribution < 1.29 is 28.7 Å². The Morgan fingerprint density at radius 1 is 0.947 bits per heavy atom. The minimum absolute atomic E-state index is 0.0456. The van der Waals surface area contributed by atoms with Crippen molar-refractivity contribution in [2.75, 3.05) is 19.0 Å². The number of nitrogens with zero attached hydrogens (tertiary/aromatic N) is 3. The molecule has 0 bridgehead atoms. The van der Waals surface area contributed by atoms with Gasteiger partial charge in [0.15, 0.2) is 17.5 Å². The van der Waals surface area contributed by atoms with E-state index in [0.717, 1.165) is 22.3 Å². The molecule has 1 aromatic heterocycles. The van der Waals surface area contributed by atoms with E-state index in [0.29, 0.717) is 10.9 Å². The van der Waals surface area contributed by atoms with E-state index in [1.165, 1.54) is 28.0 Å². The van der Waals surface area contributed by atoms with E-state index in [-0.39, 0.29) is 40.6 Å². The number of anilines is 1. The number of fused-ring (bicyclic) bond motifs is 1. The molecule has 0 aliphatic carbocycles. The lowest BCUT2D eigenvalue weighted by molar-refractivity contribution is -0.153. The van der Waals surface area contributed by atoms with E-state index in [1.54, 1.807) is 36.8 Å². The quantitative estimate of drug-likeness (QED) is 0.0234. The first-order chi connectivity index (χ1) is 27.7. The SMILES string of the molecule is C#CCO/N=C(\C(=O)NC1C(=O)N2C(C(=O)OCc3ccc(OC)cc3)=C(Cl)C(C)S[C@H]12)c1csc(NC(c2ccccc2)(c2ccccc2)c2ccccc2)n1. The molecule has 1 fully saturated rings. The molecule has 11 nitrogen and oxygen atoms in total. The lowest BCUT2D eigenvalue weighted by Gasteiger charge is -2.50. The molecular formula is C43H36ClN5O6S2. The third-order valence-corrected chi connectivity index (χ3v) is 12.2. The number of rotatable bonds is 14. The number of carbonyl (C=O) groups is 3. The molecule has 2 N–H and O–H groups in total. The van der Waals surface area contributed by atoms with Crippen LogP contribution >= 0.6 is 34.7 Å². The predicted octanol–water partition coefficient (Wildman–Crippen LogP) is 6.89. The summed E-state index contributed by atoms with van der Waals surface area (Å²) in [5, 5.41) is 11.9. The van der Waals surface area contributed by atoms with Crippen LogP contribution in [0, 0.1) is 12.3 Å². The van der Waals surface area contributed by atoms with E-state index < -0.39 is 34.7 Å². The minimum Gasteiger partial charge on any atom is -0.497 e. The van der Waals surface area contributed by atoms with E-state index in [2.05, 4.69) is 21.7 Å². The van der Waals surface area contributed by atoms with Crippen molar-refractivity contribution in [2.45, 2.75) is 35.7 Å². The highest BCUT2D eigenvalue weighted by Gasteiger charge is 2.56. The van der Waals surface area contributed by atoms with Crippen molar-refractivity contribution >= 4 is 63.3 Å². The minimum atomic E-state index is -1.02. The standard InChI is InChI=1S/C43H36ClN5O6S2/c1-4-24-55-48-35(33-26-56-42(45-33)47-43(29-14-8-5-9-15-29,30-16-10-6-11-17-30)31-18-12-7-13-19-31)38(50)46-36-39(51)49-37(34(44)27(2)57-40(36)49)41(52)54-25-28-20-22-32(53-3)23-21-28/h1,5-23,26-27,36,40H,24-25H2,2-3H3,(H,45,47)(H,46,50)/b48-35-/t27?,36?,40-/m1/s1. The molecule has 7 rings (SSSR count). The van der Waals surface area contributed by atoms with Crippen LogP contribution in [0.15, 0.2) is 137 Å². The maximum absolute atomic E-state index is 14.0. The summed E-state index contributed by atoms with van der Waals surface area (Å²) in [5.74, 6) is 0.989. The van der Waals surface area contributed by atoms with Crippen molar-refractivity contribution in [1.82, 2.24) is 15.2 Å². The maximum atomic E-state index is 14.0. The lowest BCUT2D eigenvalue weighted by Crippen LogP contribution is -2.71. The van der Waals surface area contributed by atoms with E-state index in [4.69, 9.17) is 37.3 Å². The summed E-state index contributed by atoms with van der Waals surface area (Å²) in [6.45, 7) is 1.56. The topological polar surface area (TPSA) is 131 Å². The summed E-state index contributed by atoms with van der Waals surface area (Å²) in [4.78, 5) is 52.5. The number of terminal acetylenes is 1. The molecule has 0 radical (unpaired) electrons. The van der Waals surface area contributed by atoms with Crippen LogP contribution in [-0.4, -0.2) is 63.8 Å². The van der Waals surface area contributed by atoms with Crippen LogP contribution in [0.3, 0.4) is 0 Å². The highest BCUT2D eigenvalue weighted by Crippen LogP contribution is 2.46. The zero-order chi connectivity index (χ0) is 39.9. The summed E-state index contributed by atoms with van der Waals surface area (Å²) in [7, 11) is 1.56. The van der Waals surface area contributed by atoms with Crippen molar-refractivity contribution in [2.24, 2.45) is 5.16 Å². The number of hydrogen-bond acceptors (Lipinski definition) is 11. The van der Waals surface area contributed by atoms with Gasteiger partial charge in [-0.3, -0.25) is 14.5 Å². The van der Waals surface area contributed by atoms with Crippen molar-refractivity contribution in [3.8, 4) is 18.1 Å². The van der Waals surface area contributed by atoms with Crippen LogP contribution in [-0.2, 0) is 36.1 Å². The fourth-order valence-corrected chi connectivity index (χ4v) is 9.01. The number of halogens is 1. The van der Waals surface area contributed by atoms with Gasteiger partial charge in [0.2, 0.25) is 0 Å². The summed E-state index contributed by atoms with van der Waals surface area (Å²) < 4.78 is 10.8. The third-order valence-electron chi connectivity index (χ3n) is 9.40. The molecule has 4 aromatic carbocycles. The number of benzene rings is 4. The second-order valence-corrected chi connectivity index (χ2v) is 15.6. The second kappa shape index (κ2) is 17.4. The second-order valence-electron chi connectivity index (χ2n) is 12.9. The normalized spacial score (nSPS) is 17.8. The summed E-state index contributed by atoms with van der Waals surface area (Å²) in [6, 6.07) is 36.1. The molecule has 0 spiro atoms. The Kier molecular flexibility index (Phi) is 11.9. The molecule has 14 heteroatoms. The fraction of sp³-hybridized carbons (Fsp3) is 0.186. The monoisotopic (exact) mass is 817 g/mol. The number of aromatic nitrogens is 1. The van der Waals surface area contributed by atoms with Crippen LogP contribution in [0.1, 0.15) is 34.9 Å². The van der Waals surface area contributed by atoms with Gasteiger partial charge >= 0.3 is 5.97 Å². The molecule has 2 aliphatic rings. The van der Waals surface area contributed by atoms with Crippen molar-refractivity contribution in [3.05, 3.63) is 159 Å². The number of thioether (sulfide) groups is 1. The number of β-lactam (4-membered cyclic amide) rings is 1. The molecule has 2 amide bonds. The Balaban J connectivity index is 1.13. The van der Waals surface area contributed by atoms with E-state index in [1.807, 2.05) is 97.9 Å². The number of ether oxygens (including phenoxy) is 2. The molecule has 2 aliphatic heterocycles. The smallest absolute Gasteiger partial charge is 0.356 e. The summed E-state index contributed by atoms with van der Waals surface area (Å²) >= 11 is 9.23. The number of amides is 2. The largest absolute Gasteiger partial charge is 0.497 e. The Labute approximate surface area is 343 Å². The van der Waals surface area contributed by atoms with Gasteiger partial charge in [0, 0.05) is 10.6 Å². The van der Waals surface area contributed by atoms with Gasteiger partial charge in [0.1, 0.15) is 40.7 Å². The summed E-state index contributed by atoms with van der Waals surface area (Å²) in [6.07, 6.45) is 5.42. The summed E-state index contributed by atoms with van der Waals surface area (Å²) in [5.41, 5.74) is 2.69. The molecule has 288 valence electrons. The van der Waals surface area contributed by atoms with Crippen LogP contribution in [0.25, 0.3) is 0 Å². The van der Waals surface area contributed by atoms with Crippen LogP contribution in [0.4, 0.5) is 5.13 Å². The van der Waals surface area contributed by atoms with Crippen molar-refractivity contribution in [1.29, 1.82) is 0 Å². The first-order valence-electron chi connectivity index (χ1n) is 17.8. The maximum Gasteiger partial charge on any atom is 0.356 e. The first-order valence-corrected chi connectivity index (χ1v) is 20.0. The lowest BCUT2D eigenvalue weighted by atomic mass is 9.77. The highest BCUT2D eigenvalue weighted by molar-refractivity contribution is 8.01. The number of hydrogen-bond donors (Lipinski definition) is 2. The van der Waals surface area contributed by atoms with Gasteiger partial charge in [-0.05, 0) is 41.3 Å². The molecule has 3 heterocycles. The van der Waals surface area contributed by atoms with Crippen LogP contribution < -0.4 is 15.4 Å². The van der Waals surface area contributed by atoms with Gasteiger partial charge in [-0.15, -0.1) is 29.5 Å². The van der Waals surface area contributed by atoms with Gasteiger partial charge in [-0.25, -0.2) is 9.78 Å². The first kappa shape index (κ1) is 39.2. The molecule has 57 heavy (non-hydrogen) atoms. The number of carbonyl (C=O) groups excluding carboxylic acids is 3. The molecule has 3 atom stereocenters. The number of methoxy groups -OCH3 is 1. The zero-order valence-electron chi connectivity index (χ0n) is 30.8. The average Bonchev–Trinajstić information content (AvgIpc) is 3.72. The molecule has 0 saturated carbocycles. The van der Waals surface area contributed by atoms with Crippen molar-refractivity contribution in [3.63, 3.8) is 0 Å². The Morgan fingerprint density at radius 3 is 2.11 bits per heavy atom. The molecule has 5 aromatic rings. The molecule has 1 saturated heterocycles. The van der Waals surface area contributed by atoms with Gasteiger partial charge in [-0.1, -0.05) is 126 Å². The molecule has 2 unspecified atom stereocenters. The average molecular weight is 818 g/mol. The highest BCUT2D eigenvalue weighted by atomic mass is 35.5. The Bertz CT molecular complexity index is 2250. The third kappa shape index (κ3) is 7.97. The molecular weight excluding hydrogens is 782 g/mol. The Morgan fingerprint density at radius 2 is 1.54 bits per heavy atom. The van der Waals surface area contributed by atoms with Gasteiger partial charge < -0.3 is 24.9 Å². The van der Waals surface area contributed by atoms with Gasteiger partial charge in [0.05, 0.1) is 12.1 Å². The van der Waals surface area contributed by atoms with E-state index in [9.17, 15) is 14.4 Å². The predicted molar refractivity (Wildman–Crippen MR) is 222 cm³/mol. The number of esters is 1. The number of oxime groups is 1. The number of thiazole rings is 1. The fourth-order valence-electron chi connectivity index (χ4n) is 6.61. The van der Waals surface area contributed by atoms with Gasteiger partial charge in [-0.2, -0.15) is 0 Å². The Hall–Kier alpha value is -6.07. The van der Waals surface area contributed by atoms with E-state index >= 15 is 0 Å². The van der Waals surface area contributed by atoms with Crippen LogP contribution in [0.5, 0.6) is 5.75 Å². The van der Waals surface area contributed by atoms with Gasteiger partial charge in [0.25, 0.3) is 11.8 Å². The van der Waals surface area contributed by atoms with Crippen LogP contribution in [0.2, 0.25) is 0 Å². The zero-order valence-corrected chi connectivity index (χ0v) is 33.1. The number of nitrogens with one attached hydrogen (secondary N) is 2.